The van der Waals surface area contributed by atoms with Crippen molar-refractivity contribution < 1.29 is 9.59 Å². The van der Waals surface area contributed by atoms with Crippen LogP contribution in [0, 0.1) is 0 Å². The first-order valence-electron chi connectivity index (χ1n) is 3.91. The molecule has 1 aromatic rings. The van der Waals surface area contributed by atoms with Gasteiger partial charge in [0, 0.05) is 16.8 Å². The number of rotatable bonds is 3. The summed E-state index contributed by atoms with van der Waals surface area (Å²) < 4.78 is 0. The Hall–Kier alpha value is -1.61. The first-order chi connectivity index (χ1) is 6.72. The highest BCUT2D eigenvalue weighted by molar-refractivity contribution is 6.30. The number of carbonyl (C=O) groups is 2. The van der Waals surface area contributed by atoms with Crippen LogP contribution in [0.2, 0.25) is 5.02 Å². The highest BCUT2D eigenvalue weighted by Gasteiger charge is 1.96. The van der Waals surface area contributed by atoms with Crippen molar-refractivity contribution in [1.82, 2.24) is 0 Å². The van der Waals surface area contributed by atoms with Crippen LogP contribution in [0.4, 0.5) is 5.69 Å². The maximum atomic E-state index is 11.1. The highest BCUT2D eigenvalue weighted by atomic mass is 35.5. The number of carbonyl (C=O) groups excluding carboxylic acids is 2. The van der Waals surface area contributed by atoms with Gasteiger partial charge in [-0.05, 0) is 30.3 Å². The summed E-state index contributed by atoms with van der Waals surface area (Å²) in [5.74, 6) is -0.348. The lowest BCUT2D eigenvalue weighted by Gasteiger charge is -2.00. The number of amides is 1. The van der Waals surface area contributed by atoms with E-state index in [-0.39, 0.29) is 5.91 Å². The number of hydrogen-bond donors (Lipinski definition) is 1. The summed E-state index contributed by atoms with van der Waals surface area (Å²) >= 11 is 5.66. The third-order valence-electron chi connectivity index (χ3n) is 1.44. The molecule has 0 aliphatic carbocycles. The molecule has 1 amide bonds. The van der Waals surface area contributed by atoms with E-state index in [9.17, 15) is 9.59 Å². The molecule has 1 N–H and O–H groups in total. The maximum Gasteiger partial charge on any atom is 0.248 e. The molecular formula is C10H8ClNO2. The minimum atomic E-state index is -0.348. The summed E-state index contributed by atoms with van der Waals surface area (Å²) in [5, 5.41) is 3.16. The molecule has 0 spiro atoms. The van der Waals surface area contributed by atoms with Crippen LogP contribution in [-0.4, -0.2) is 12.2 Å². The summed E-state index contributed by atoms with van der Waals surface area (Å²) in [7, 11) is 0. The minimum Gasteiger partial charge on any atom is -0.323 e. The van der Waals surface area contributed by atoms with E-state index in [0.29, 0.717) is 17.0 Å². The van der Waals surface area contributed by atoms with Crippen LogP contribution in [0.15, 0.2) is 36.4 Å². The molecule has 0 heterocycles. The topological polar surface area (TPSA) is 46.2 Å². The SMILES string of the molecule is O=C/C=C\C(=O)Nc1ccc(Cl)cc1. The molecule has 1 rings (SSSR count). The van der Waals surface area contributed by atoms with Crippen LogP contribution in [0.25, 0.3) is 0 Å². The van der Waals surface area contributed by atoms with E-state index < -0.39 is 0 Å². The van der Waals surface area contributed by atoms with Gasteiger partial charge in [-0.25, -0.2) is 0 Å². The quantitative estimate of drug-likeness (QED) is 0.612. The molecule has 72 valence electrons. The first-order valence-corrected chi connectivity index (χ1v) is 4.28. The standard InChI is InChI=1S/C10H8ClNO2/c11-8-3-5-9(6-4-8)12-10(14)2-1-7-13/h1-7H,(H,12,14)/b2-1-. The average Bonchev–Trinajstić information content (AvgIpc) is 2.18. The maximum absolute atomic E-state index is 11.1. The van der Waals surface area contributed by atoms with Crippen LogP contribution in [0.1, 0.15) is 0 Å². The largest absolute Gasteiger partial charge is 0.323 e. The highest BCUT2D eigenvalue weighted by Crippen LogP contribution is 2.13. The van der Waals surface area contributed by atoms with Gasteiger partial charge in [0.05, 0.1) is 0 Å². The third-order valence-corrected chi connectivity index (χ3v) is 1.69. The van der Waals surface area contributed by atoms with Gasteiger partial charge in [-0.15, -0.1) is 0 Å². The molecular weight excluding hydrogens is 202 g/mol. The first kappa shape index (κ1) is 10.5. The molecule has 3 nitrogen and oxygen atoms in total. The molecule has 0 saturated carbocycles. The fourth-order valence-electron chi connectivity index (χ4n) is 0.844. The van der Waals surface area contributed by atoms with Gasteiger partial charge in [0.1, 0.15) is 6.29 Å². The fourth-order valence-corrected chi connectivity index (χ4v) is 0.970. The Kier molecular flexibility index (Phi) is 3.88. The van der Waals surface area contributed by atoms with E-state index in [1.807, 2.05) is 0 Å². The lowest BCUT2D eigenvalue weighted by Crippen LogP contribution is -2.07. The minimum absolute atomic E-state index is 0.348. The van der Waals surface area contributed by atoms with E-state index in [0.717, 1.165) is 12.2 Å². The molecule has 0 saturated heterocycles. The van der Waals surface area contributed by atoms with Crippen LogP contribution in [0.5, 0.6) is 0 Å². The normalized spacial score (nSPS) is 10.1. The van der Waals surface area contributed by atoms with Gasteiger partial charge in [-0.1, -0.05) is 11.6 Å². The van der Waals surface area contributed by atoms with Gasteiger partial charge in [0.25, 0.3) is 0 Å². The Morgan fingerprint density at radius 2 is 1.93 bits per heavy atom. The number of anilines is 1. The second kappa shape index (κ2) is 5.19. The monoisotopic (exact) mass is 209 g/mol. The van der Waals surface area contributed by atoms with Crippen molar-refractivity contribution in [3.05, 3.63) is 41.4 Å². The zero-order valence-electron chi connectivity index (χ0n) is 7.24. The Balaban J connectivity index is 2.60. The fraction of sp³-hybridized carbons (Fsp3) is 0. The number of allylic oxidation sites excluding steroid dienone is 1. The van der Waals surface area contributed by atoms with Crippen LogP contribution < -0.4 is 5.32 Å². The lowest BCUT2D eigenvalue weighted by atomic mass is 10.3. The molecule has 0 radical (unpaired) electrons. The molecule has 0 unspecified atom stereocenters. The van der Waals surface area contributed by atoms with Crippen molar-refractivity contribution in [2.24, 2.45) is 0 Å². The second-order valence-corrected chi connectivity index (χ2v) is 2.93. The van der Waals surface area contributed by atoms with Gasteiger partial charge in [0.15, 0.2) is 0 Å². The zero-order chi connectivity index (χ0) is 10.4. The summed E-state index contributed by atoms with van der Waals surface area (Å²) in [6.07, 6.45) is 2.83. The van der Waals surface area contributed by atoms with Gasteiger partial charge < -0.3 is 5.32 Å². The van der Waals surface area contributed by atoms with Crippen LogP contribution in [-0.2, 0) is 9.59 Å². The summed E-state index contributed by atoms with van der Waals surface area (Å²) in [5.41, 5.74) is 0.634. The van der Waals surface area contributed by atoms with Gasteiger partial charge in [-0.3, -0.25) is 9.59 Å². The molecule has 1 aromatic carbocycles. The van der Waals surface area contributed by atoms with Crippen LogP contribution >= 0.6 is 11.6 Å². The smallest absolute Gasteiger partial charge is 0.248 e. The number of hydrogen-bond acceptors (Lipinski definition) is 2. The van der Waals surface area contributed by atoms with Gasteiger partial charge in [0.2, 0.25) is 5.91 Å². The Labute approximate surface area is 86.4 Å². The Bertz CT molecular complexity index is 357. The number of aldehydes is 1. The van der Waals surface area contributed by atoms with E-state index >= 15 is 0 Å². The molecule has 4 heteroatoms. The van der Waals surface area contributed by atoms with E-state index in [4.69, 9.17) is 11.6 Å². The molecule has 0 aliphatic rings. The molecule has 0 aliphatic heterocycles. The van der Waals surface area contributed by atoms with Crippen molar-refractivity contribution in [2.75, 3.05) is 5.32 Å². The molecule has 0 bridgehead atoms. The Morgan fingerprint density at radius 1 is 1.29 bits per heavy atom. The number of halogens is 1. The lowest BCUT2D eigenvalue weighted by molar-refractivity contribution is -0.112. The molecule has 0 fully saturated rings. The van der Waals surface area contributed by atoms with Crippen molar-refractivity contribution in [1.29, 1.82) is 0 Å². The Morgan fingerprint density at radius 3 is 2.50 bits per heavy atom. The van der Waals surface area contributed by atoms with E-state index in [1.54, 1.807) is 24.3 Å². The van der Waals surface area contributed by atoms with Crippen molar-refractivity contribution in [2.45, 2.75) is 0 Å². The van der Waals surface area contributed by atoms with E-state index in [1.165, 1.54) is 0 Å². The second-order valence-electron chi connectivity index (χ2n) is 2.49. The third kappa shape index (κ3) is 3.41. The van der Waals surface area contributed by atoms with Crippen molar-refractivity contribution in [3.8, 4) is 0 Å². The predicted octanol–water partition coefficient (Wildman–Crippen LogP) is 2.03. The van der Waals surface area contributed by atoms with Crippen molar-refractivity contribution >= 4 is 29.5 Å². The molecule has 0 atom stereocenters. The zero-order valence-corrected chi connectivity index (χ0v) is 7.99. The van der Waals surface area contributed by atoms with Gasteiger partial charge >= 0.3 is 0 Å². The molecule has 14 heavy (non-hydrogen) atoms. The average molecular weight is 210 g/mol. The van der Waals surface area contributed by atoms with E-state index in [2.05, 4.69) is 5.32 Å². The summed E-state index contributed by atoms with van der Waals surface area (Å²) in [4.78, 5) is 21.0. The summed E-state index contributed by atoms with van der Waals surface area (Å²) in [6.45, 7) is 0. The number of nitrogens with one attached hydrogen (secondary N) is 1. The predicted molar refractivity (Wildman–Crippen MR) is 55.3 cm³/mol. The van der Waals surface area contributed by atoms with Gasteiger partial charge in [-0.2, -0.15) is 0 Å². The van der Waals surface area contributed by atoms with Crippen LogP contribution in [0.3, 0.4) is 0 Å². The summed E-state index contributed by atoms with van der Waals surface area (Å²) in [6, 6.07) is 6.69. The number of benzene rings is 1. The van der Waals surface area contributed by atoms with Crippen molar-refractivity contribution in [3.63, 3.8) is 0 Å². The molecule has 0 aromatic heterocycles.